The molecule has 0 aliphatic carbocycles. The van der Waals surface area contributed by atoms with Gasteiger partial charge in [-0.1, -0.05) is 27.7 Å². The highest BCUT2D eigenvalue weighted by Gasteiger charge is 2.25. The van der Waals surface area contributed by atoms with Crippen molar-refractivity contribution in [2.75, 3.05) is 0 Å². The predicted octanol–water partition coefficient (Wildman–Crippen LogP) is 4.50. The van der Waals surface area contributed by atoms with Gasteiger partial charge in [-0.05, 0) is 35.4 Å². The lowest BCUT2D eigenvalue weighted by atomic mass is 9.75. The van der Waals surface area contributed by atoms with E-state index in [1.165, 1.54) is 12.1 Å². The minimum atomic E-state index is -0.493. The van der Waals surface area contributed by atoms with Crippen LogP contribution in [0.5, 0.6) is 0 Å². The molecule has 0 bridgehead atoms. The van der Waals surface area contributed by atoms with Gasteiger partial charge in [0.25, 0.3) is 0 Å². The fraction of sp³-hybridized carbons (Fsp3) is 0.538. The van der Waals surface area contributed by atoms with E-state index in [1.807, 2.05) is 6.92 Å². The molecule has 1 unspecified atom stereocenters. The standard InChI is InChI=1S/C13H18F2/c1-5-12(13(2,3)4)9-6-10(14)8-11(15)7-9/h6-8,12H,5H2,1-4H3. The summed E-state index contributed by atoms with van der Waals surface area (Å²) in [5.41, 5.74) is 0.775. The molecule has 0 nitrogen and oxygen atoms in total. The van der Waals surface area contributed by atoms with Crippen molar-refractivity contribution in [3.8, 4) is 0 Å². The van der Waals surface area contributed by atoms with E-state index in [2.05, 4.69) is 20.8 Å². The molecule has 0 saturated heterocycles. The van der Waals surface area contributed by atoms with Crippen LogP contribution in [-0.4, -0.2) is 0 Å². The zero-order chi connectivity index (χ0) is 11.6. The molecule has 0 amide bonds. The van der Waals surface area contributed by atoms with Crippen LogP contribution in [0.1, 0.15) is 45.6 Å². The molecule has 0 aliphatic heterocycles. The third-order valence-electron chi connectivity index (χ3n) is 2.74. The first-order valence-corrected chi connectivity index (χ1v) is 5.30. The van der Waals surface area contributed by atoms with Gasteiger partial charge in [-0.2, -0.15) is 0 Å². The summed E-state index contributed by atoms with van der Waals surface area (Å²) >= 11 is 0. The van der Waals surface area contributed by atoms with E-state index < -0.39 is 11.6 Å². The zero-order valence-electron chi connectivity index (χ0n) is 9.77. The van der Waals surface area contributed by atoms with Gasteiger partial charge >= 0.3 is 0 Å². The van der Waals surface area contributed by atoms with Gasteiger partial charge in [0, 0.05) is 6.07 Å². The molecule has 1 rings (SSSR count). The number of rotatable bonds is 2. The van der Waals surface area contributed by atoms with E-state index >= 15 is 0 Å². The van der Waals surface area contributed by atoms with Crippen LogP contribution < -0.4 is 0 Å². The molecule has 84 valence electrons. The van der Waals surface area contributed by atoms with Crippen LogP contribution in [0.25, 0.3) is 0 Å². The topological polar surface area (TPSA) is 0 Å². The first-order valence-electron chi connectivity index (χ1n) is 5.30. The summed E-state index contributed by atoms with van der Waals surface area (Å²) in [5.74, 6) is -0.803. The van der Waals surface area contributed by atoms with Crippen LogP contribution in [-0.2, 0) is 0 Å². The lowest BCUT2D eigenvalue weighted by Crippen LogP contribution is -2.18. The Bertz CT molecular complexity index is 317. The van der Waals surface area contributed by atoms with E-state index in [9.17, 15) is 8.78 Å². The van der Waals surface area contributed by atoms with Crippen LogP contribution in [0.15, 0.2) is 18.2 Å². The van der Waals surface area contributed by atoms with Crippen molar-refractivity contribution in [1.29, 1.82) is 0 Å². The van der Waals surface area contributed by atoms with Gasteiger partial charge in [-0.25, -0.2) is 8.78 Å². The zero-order valence-corrected chi connectivity index (χ0v) is 9.77. The maximum absolute atomic E-state index is 13.1. The average molecular weight is 212 g/mol. The van der Waals surface area contributed by atoms with Gasteiger partial charge in [0.1, 0.15) is 11.6 Å². The monoisotopic (exact) mass is 212 g/mol. The van der Waals surface area contributed by atoms with E-state index in [1.54, 1.807) is 0 Å². The summed E-state index contributed by atoms with van der Waals surface area (Å²) in [6, 6.07) is 3.78. The summed E-state index contributed by atoms with van der Waals surface area (Å²) in [6.07, 6.45) is 0.881. The van der Waals surface area contributed by atoms with Crippen molar-refractivity contribution in [1.82, 2.24) is 0 Å². The fourth-order valence-electron chi connectivity index (χ4n) is 2.12. The maximum atomic E-state index is 13.1. The van der Waals surface area contributed by atoms with Gasteiger partial charge in [0.15, 0.2) is 0 Å². The van der Waals surface area contributed by atoms with E-state index in [-0.39, 0.29) is 11.3 Å². The van der Waals surface area contributed by atoms with Crippen LogP contribution in [0, 0.1) is 17.0 Å². The maximum Gasteiger partial charge on any atom is 0.126 e. The Morgan fingerprint density at radius 3 is 1.87 bits per heavy atom. The first-order chi connectivity index (χ1) is 6.84. The first kappa shape index (κ1) is 12.2. The molecular formula is C13H18F2. The highest BCUT2D eigenvalue weighted by molar-refractivity contribution is 5.23. The highest BCUT2D eigenvalue weighted by Crippen LogP contribution is 2.37. The number of hydrogen-bond acceptors (Lipinski definition) is 0. The Labute approximate surface area is 90.3 Å². The fourth-order valence-corrected chi connectivity index (χ4v) is 2.12. The Morgan fingerprint density at radius 1 is 1.07 bits per heavy atom. The lowest BCUT2D eigenvalue weighted by Gasteiger charge is -2.30. The lowest BCUT2D eigenvalue weighted by molar-refractivity contribution is 0.311. The molecule has 0 fully saturated rings. The van der Waals surface area contributed by atoms with Gasteiger partial charge in [0.2, 0.25) is 0 Å². The summed E-state index contributed by atoms with van der Waals surface area (Å²) in [4.78, 5) is 0. The van der Waals surface area contributed by atoms with Gasteiger partial charge < -0.3 is 0 Å². The summed E-state index contributed by atoms with van der Waals surface area (Å²) in [7, 11) is 0. The van der Waals surface area contributed by atoms with Crippen LogP contribution in [0.4, 0.5) is 8.78 Å². The minimum Gasteiger partial charge on any atom is -0.207 e. The molecular weight excluding hydrogens is 194 g/mol. The third kappa shape index (κ3) is 3.01. The normalized spacial score (nSPS) is 14.0. The molecule has 0 radical (unpaired) electrons. The SMILES string of the molecule is CCC(c1cc(F)cc(F)c1)C(C)(C)C. The number of halogens is 2. The smallest absolute Gasteiger partial charge is 0.126 e. The molecule has 1 aromatic carbocycles. The van der Waals surface area contributed by atoms with Crippen molar-refractivity contribution >= 4 is 0 Å². The van der Waals surface area contributed by atoms with Crippen LogP contribution in [0.2, 0.25) is 0 Å². The Balaban J connectivity index is 3.13. The van der Waals surface area contributed by atoms with Crippen molar-refractivity contribution in [2.45, 2.75) is 40.0 Å². The van der Waals surface area contributed by atoms with E-state index in [4.69, 9.17) is 0 Å². The summed E-state index contributed by atoms with van der Waals surface area (Å²) in [5, 5.41) is 0. The van der Waals surface area contributed by atoms with Gasteiger partial charge in [-0.3, -0.25) is 0 Å². The van der Waals surface area contributed by atoms with E-state index in [0.29, 0.717) is 0 Å². The molecule has 0 spiro atoms. The molecule has 1 aromatic rings. The molecule has 0 heterocycles. The second-order valence-electron chi connectivity index (χ2n) is 5.03. The average Bonchev–Trinajstić information content (AvgIpc) is 1.99. The summed E-state index contributed by atoms with van der Waals surface area (Å²) in [6.45, 7) is 8.30. The second kappa shape index (κ2) is 4.30. The van der Waals surface area contributed by atoms with Gasteiger partial charge in [0.05, 0.1) is 0 Å². The Kier molecular flexibility index (Phi) is 3.48. The predicted molar refractivity (Wildman–Crippen MR) is 58.8 cm³/mol. The Morgan fingerprint density at radius 2 is 1.53 bits per heavy atom. The number of hydrogen-bond donors (Lipinski definition) is 0. The largest absolute Gasteiger partial charge is 0.207 e. The van der Waals surface area contributed by atoms with Crippen LogP contribution in [0.3, 0.4) is 0 Å². The Hall–Kier alpha value is -0.920. The summed E-state index contributed by atoms with van der Waals surface area (Å²) < 4.78 is 26.1. The molecule has 0 aliphatic rings. The molecule has 2 heteroatoms. The highest BCUT2D eigenvalue weighted by atomic mass is 19.1. The molecule has 1 atom stereocenters. The quantitative estimate of drug-likeness (QED) is 0.676. The van der Waals surface area contributed by atoms with Crippen molar-refractivity contribution in [3.63, 3.8) is 0 Å². The molecule has 15 heavy (non-hydrogen) atoms. The minimum absolute atomic E-state index is 0.0228. The second-order valence-corrected chi connectivity index (χ2v) is 5.03. The molecule has 0 N–H and O–H groups in total. The van der Waals surface area contributed by atoms with Crippen molar-refractivity contribution in [2.24, 2.45) is 5.41 Å². The molecule has 0 saturated carbocycles. The van der Waals surface area contributed by atoms with Crippen molar-refractivity contribution in [3.05, 3.63) is 35.4 Å². The van der Waals surface area contributed by atoms with E-state index in [0.717, 1.165) is 18.1 Å². The van der Waals surface area contributed by atoms with Gasteiger partial charge in [-0.15, -0.1) is 0 Å². The van der Waals surface area contributed by atoms with Crippen molar-refractivity contribution < 1.29 is 8.78 Å². The molecule has 0 aromatic heterocycles. The van der Waals surface area contributed by atoms with Crippen LogP contribution >= 0.6 is 0 Å². The number of benzene rings is 1. The third-order valence-corrected chi connectivity index (χ3v) is 2.74.